The molecule has 0 fully saturated rings. The summed E-state index contributed by atoms with van der Waals surface area (Å²) in [7, 11) is -3.76. The van der Waals surface area contributed by atoms with Gasteiger partial charge in [-0.25, -0.2) is 8.42 Å². The second kappa shape index (κ2) is 9.10. The van der Waals surface area contributed by atoms with Crippen molar-refractivity contribution >= 4 is 44.0 Å². The lowest BCUT2D eigenvalue weighted by atomic mass is 9.98. The molecule has 0 spiro atoms. The minimum Gasteiger partial charge on any atom is -0.361 e. The minimum atomic E-state index is -3.76. The Balaban J connectivity index is 1.57. The van der Waals surface area contributed by atoms with Gasteiger partial charge in [-0.3, -0.25) is 4.79 Å². The fourth-order valence-corrected chi connectivity index (χ4v) is 6.11. The first kappa shape index (κ1) is 22.6. The summed E-state index contributed by atoms with van der Waals surface area (Å²) in [6, 6.07) is 12.6. The highest BCUT2D eigenvalue weighted by atomic mass is 35.5. The third-order valence-electron chi connectivity index (χ3n) is 5.93. The summed E-state index contributed by atoms with van der Waals surface area (Å²) in [4.78, 5) is 18.1. The van der Waals surface area contributed by atoms with Crippen LogP contribution in [0.4, 0.5) is 0 Å². The van der Waals surface area contributed by atoms with Crippen LogP contribution in [0, 0.1) is 0 Å². The van der Waals surface area contributed by atoms with Crippen molar-refractivity contribution in [2.45, 2.75) is 25.2 Å². The number of halogens is 1. The maximum atomic E-state index is 13.1. The summed E-state index contributed by atoms with van der Waals surface area (Å²) < 4.78 is 27.2. The van der Waals surface area contributed by atoms with Crippen LogP contribution in [0.1, 0.15) is 36.2 Å². The predicted octanol–water partition coefficient (Wildman–Crippen LogP) is 4.78. The molecule has 0 saturated carbocycles. The maximum Gasteiger partial charge on any atom is 0.254 e. The molecular weight excluding hydrogens is 446 g/mol. The van der Waals surface area contributed by atoms with Gasteiger partial charge in [0.2, 0.25) is 10.0 Å². The average molecular weight is 472 g/mol. The largest absolute Gasteiger partial charge is 0.361 e. The van der Waals surface area contributed by atoms with Crippen LogP contribution < -0.4 is 0 Å². The van der Waals surface area contributed by atoms with Gasteiger partial charge in [0.1, 0.15) is 4.90 Å². The molecule has 8 heteroatoms. The number of carbonyl (C=O) groups excluding carboxylic acids is 1. The fraction of sp³-hybridized carbons (Fsp3) is 0.292. The van der Waals surface area contributed by atoms with Crippen molar-refractivity contribution in [1.29, 1.82) is 0 Å². The minimum absolute atomic E-state index is 0.0271. The molecule has 0 bridgehead atoms. The Morgan fingerprint density at radius 3 is 2.59 bits per heavy atom. The molecule has 0 saturated heterocycles. The number of fused-ring (bicyclic) bond motifs is 1. The van der Waals surface area contributed by atoms with Crippen LogP contribution in [0.25, 0.3) is 16.5 Å². The third-order valence-corrected chi connectivity index (χ3v) is 8.46. The molecular formula is C24H26ClN3O3S. The van der Waals surface area contributed by atoms with Crippen molar-refractivity contribution < 1.29 is 13.2 Å². The molecule has 1 aliphatic heterocycles. The molecule has 0 unspecified atom stereocenters. The van der Waals surface area contributed by atoms with E-state index in [0.29, 0.717) is 31.7 Å². The van der Waals surface area contributed by atoms with E-state index in [0.717, 1.165) is 17.5 Å². The number of hydrogen-bond donors (Lipinski definition) is 1. The van der Waals surface area contributed by atoms with Gasteiger partial charge in [-0.2, -0.15) is 4.31 Å². The fourth-order valence-electron chi connectivity index (χ4n) is 4.15. The van der Waals surface area contributed by atoms with E-state index in [2.05, 4.69) is 17.1 Å². The van der Waals surface area contributed by atoms with Crippen LogP contribution in [0.2, 0.25) is 5.02 Å². The van der Waals surface area contributed by atoms with Gasteiger partial charge in [-0.05, 0) is 36.3 Å². The summed E-state index contributed by atoms with van der Waals surface area (Å²) in [6.45, 7) is 5.24. The van der Waals surface area contributed by atoms with Crippen molar-refractivity contribution in [1.82, 2.24) is 14.2 Å². The normalized spacial score (nSPS) is 14.8. The average Bonchev–Trinajstić information content (AvgIpc) is 3.24. The van der Waals surface area contributed by atoms with Gasteiger partial charge >= 0.3 is 0 Å². The Kier molecular flexibility index (Phi) is 6.42. The van der Waals surface area contributed by atoms with E-state index in [4.69, 9.17) is 11.6 Å². The number of aromatic nitrogens is 1. The lowest BCUT2D eigenvalue weighted by Crippen LogP contribution is -2.35. The quantitative estimate of drug-likeness (QED) is 0.562. The second-order valence-electron chi connectivity index (χ2n) is 7.71. The van der Waals surface area contributed by atoms with Crippen LogP contribution in [0.5, 0.6) is 0 Å². The number of aromatic amines is 1. The van der Waals surface area contributed by atoms with E-state index in [9.17, 15) is 13.2 Å². The number of nitrogens with zero attached hydrogens (tertiary/aromatic N) is 2. The summed E-state index contributed by atoms with van der Waals surface area (Å²) in [6.07, 6.45) is 4.81. The molecule has 0 aliphatic carbocycles. The highest BCUT2D eigenvalue weighted by Crippen LogP contribution is 2.30. The molecule has 0 atom stereocenters. The SMILES string of the molecule is CCN(CC)S(=O)(=O)c1cc(C(=O)N2CC=C(c3c[nH]c4ccccc34)CC2)ccc1Cl. The maximum absolute atomic E-state index is 13.1. The van der Waals surface area contributed by atoms with Gasteiger partial charge in [0, 0.05) is 54.4 Å². The Morgan fingerprint density at radius 2 is 1.91 bits per heavy atom. The Morgan fingerprint density at radius 1 is 1.16 bits per heavy atom. The summed E-state index contributed by atoms with van der Waals surface area (Å²) in [5.41, 5.74) is 3.77. The van der Waals surface area contributed by atoms with Crippen molar-refractivity contribution in [3.63, 3.8) is 0 Å². The summed E-state index contributed by atoms with van der Waals surface area (Å²) in [5, 5.41) is 1.29. The van der Waals surface area contributed by atoms with Crippen LogP contribution in [0.3, 0.4) is 0 Å². The molecule has 1 amide bonds. The lowest BCUT2D eigenvalue weighted by molar-refractivity contribution is 0.0772. The number of hydrogen-bond acceptors (Lipinski definition) is 3. The molecule has 1 aliphatic rings. The predicted molar refractivity (Wildman–Crippen MR) is 128 cm³/mol. The Bertz CT molecular complexity index is 1290. The number of carbonyl (C=O) groups is 1. The summed E-state index contributed by atoms with van der Waals surface area (Å²) >= 11 is 6.21. The third kappa shape index (κ3) is 4.08. The van der Waals surface area contributed by atoms with E-state index in [1.165, 1.54) is 27.4 Å². The number of amides is 1. The standard InChI is InChI=1S/C24H26ClN3O3S/c1-3-28(4-2)32(30,31)23-15-18(9-10-21(23)25)24(29)27-13-11-17(12-14-27)20-16-26-22-8-6-5-7-19(20)22/h5-11,15-16,26H,3-4,12-14H2,1-2H3. The first-order valence-corrected chi connectivity index (χ1v) is 12.5. The van der Waals surface area contributed by atoms with E-state index in [-0.39, 0.29) is 15.8 Å². The Hall–Kier alpha value is -2.61. The number of rotatable bonds is 6. The molecule has 1 N–H and O–H groups in total. The monoisotopic (exact) mass is 471 g/mol. The second-order valence-corrected chi connectivity index (χ2v) is 10.0. The summed E-state index contributed by atoms with van der Waals surface area (Å²) in [5.74, 6) is -0.202. The van der Waals surface area contributed by atoms with E-state index >= 15 is 0 Å². The highest BCUT2D eigenvalue weighted by molar-refractivity contribution is 7.89. The zero-order valence-electron chi connectivity index (χ0n) is 18.1. The Labute approximate surface area is 193 Å². The molecule has 3 aromatic rings. The van der Waals surface area contributed by atoms with Crippen LogP contribution in [-0.4, -0.2) is 54.7 Å². The van der Waals surface area contributed by atoms with E-state index < -0.39 is 10.0 Å². The van der Waals surface area contributed by atoms with Crippen LogP contribution in [0.15, 0.2) is 59.6 Å². The van der Waals surface area contributed by atoms with Gasteiger partial charge < -0.3 is 9.88 Å². The van der Waals surface area contributed by atoms with Crippen LogP contribution >= 0.6 is 11.6 Å². The highest BCUT2D eigenvalue weighted by Gasteiger charge is 2.27. The molecule has 1 aromatic heterocycles. The first-order valence-electron chi connectivity index (χ1n) is 10.7. The molecule has 0 radical (unpaired) electrons. The van der Waals surface area contributed by atoms with Gasteiger partial charge in [0.15, 0.2) is 0 Å². The zero-order chi connectivity index (χ0) is 22.9. The molecule has 4 rings (SSSR count). The van der Waals surface area contributed by atoms with Crippen molar-refractivity contribution in [3.8, 4) is 0 Å². The zero-order valence-corrected chi connectivity index (χ0v) is 19.7. The lowest BCUT2D eigenvalue weighted by Gasteiger charge is -2.27. The number of nitrogens with one attached hydrogen (secondary N) is 1. The molecule has 32 heavy (non-hydrogen) atoms. The number of sulfonamides is 1. The van der Waals surface area contributed by atoms with E-state index in [1.807, 2.05) is 24.4 Å². The van der Waals surface area contributed by atoms with Crippen molar-refractivity contribution in [3.05, 3.63) is 70.9 Å². The van der Waals surface area contributed by atoms with Crippen LogP contribution in [-0.2, 0) is 10.0 Å². The molecule has 2 aromatic carbocycles. The van der Waals surface area contributed by atoms with Crippen molar-refractivity contribution in [2.24, 2.45) is 0 Å². The molecule has 168 valence electrons. The topological polar surface area (TPSA) is 73.5 Å². The first-order chi connectivity index (χ1) is 15.4. The van der Waals surface area contributed by atoms with Gasteiger partial charge in [-0.15, -0.1) is 0 Å². The number of para-hydroxylation sites is 1. The van der Waals surface area contributed by atoms with Gasteiger partial charge in [0.05, 0.1) is 5.02 Å². The van der Waals surface area contributed by atoms with Gasteiger partial charge in [-0.1, -0.05) is 49.7 Å². The molecule has 6 nitrogen and oxygen atoms in total. The number of H-pyrrole nitrogens is 1. The van der Waals surface area contributed by atoms with Crippen molar-refractivity contribution in [2.75, 3.05) is 26.2 Å². The van der Waals surface area contributed by atoms with E-state index in [1.54, 1.807) is 24.8 Å². The van der Waals surface area contributed by atoms with Gasteiger partial charge in [0.25, 0.3) is 5.91 Å². The molecule has 2 heterocycles. The smallest absolute Gasteiger partial charge is 0.254 e. The number of benzene rings is 2.